The second-order valence-electron chi connectivity index (χ2n) is 5.33. The normalized spacial score (nSPS) is 29.8. The summed E-state index contributed by atoms with van der Waals surface area (Å²) in [6.07, 6.45) is -1.65. The Bertz CT molecular complexity index is 621. The molecule has 0 aromatic carbocycles. The first-order valence-corrected chi connectivity index (χ1v) is 6.31. The predicted molar refractivity (Wildman–Crippen MR) is 65.9 cm³/mol. The zero-order valence-electron chi connectivity index (χ0n) is 11.5. The van der Waals surface area contributed by atoms with E-state index in [-0.39, 0.29) is 0 Å². The molecule has 8 nitrogen and oxygen atoms in total. The van der Waals surface area contributed by atoms with Gasteiger partial charge in [0.25, 0.3) is 5.56 Å². The van der Waals surface area contributed by atoms with Crippen molar-refractivity contribution in [1.29, 1.82) is 0 Å². The summed E-state index contributed by atoms with van der Waals surface area (Å²) in [5.41, 5.74) is -1.45. The van der Waals surface area contributed by atoms with Crippen molar-refractivity contribution >= 4 is 0 Å². The molecule has 1 fully saturated rings. The maximum atomic E-state index is 14.2. The van der Waals surface area contributed by atoms with Crippen molar-refractivity contribution in [2.45, 2.75) is 44.2 Å². The standard InChI is InChI=1S/C12H16FN2O6/c1-11(2,19)20-7-5-12(13,6-16)21-9(7)15-4-3-8(17)14-10(15)18/h3-4,7,9,16H,5-6H2,1-2H3,(H,14,17,18)/q-1/t7-,9-,12+/m1/s1. The van der Waals surface area contributed by atoms with Crippen LogP contribution < -0.4 is 16.4 Å². The van der Waals surface area contributed by atoms with Gasteiger partial charge in [-0.25, -0.2) is 9.18 Å². The SMILES string of the molecule is CC(C)([O-])O[C@@H]1C[C@@](F)(CO)O[C@H]1n1ccc(=O)[nH]c1=O. The molecule has 0 spiro atoms. The lowest BCUT2D eigenvalue weighted by Gasteiger charge is -2.36. The molecule has 1 saturated heterocycles. The molecule has 1 aromatic heterocycles. The number of aliphatic hydroxyl groups excluding tert-OH is 1. The summed E-state index contributed by atoms with van der Waals surface area (Å²) >= 11 is 0. The molecular weight excluding hydrogens is 287 g/mol. The van der Waals surface area contributed by atoms with Gasteiger partial charge in [0.1, 0.15) is 12.7 Å². The molecular formula is C12H16FN2O6-. The number of rotatable bonds is 4. The first-order chi connectivity index (χ1) is 9.63. The minimum Gasteiger partial charge on any atom is -0.829 e. The van der Waals surface area contributed by atoms with Gasteiger partial charge >= 0.3 is 5.69 Å². The number of aliphatic hydroxyl groups is 1. The first kappa shape index (κ1) is 15.8. The van der Waals surface area contributed by atoms with E-state index in [0.717, 1.165) is 16.8 Å². The lowest BCUT2D eigenvalue weighted by atomic mass is 10.1. The van der Waals surface area contributed by atoms with Crippen LogP contribution in [0.2, 0.25) is 0 Å². The van der Waals surface area contributed by atoms with Crippen molar-refractivity contribution in [2.75, 3.05) is 6.61 Å². The van der Waals surface area contributed by atoms with E-state index in [1.807, 2.05) is 4.98 Å². The molecule has 1 aromatic rings. The predicted octanol–water partition coefficient (Wildman–Crippen LogP) is -1.40. The lowest BCUT2D eigenvalue weighted by molar-refractivity contribution is -0.550. The van der Waals surface area contributed by atoms with Crippen LogP contribution in [0.1, 0.15) is 26.5 Å². The van der Waals surface area contributed by atoms with Crippen molar-refractivity contribution in [3.63, 3.8) is 0 Å². The fourth-order valence-corrected chi connectivity index (χ4v) is 2.17. The smallest absolute Gasteiger partial charge is 0.330 e. The average molecular weight is 303 g/mol. The van der Waals surface area contributed by atoms with E-state index in [0.29, 0.717) is 0 Å². The van der Waals surface area contributed by atoms with E-state index in [9.17, 15) is 19.1 Å². The fourth-order valence-electron chi connectivity index (χ4n) is 2.17. The molecule has 0 aliphatic carbocycles. The minimum atomic E-state index is -2.42. The minimum absolute atomic E-state index is 0.411. The van der Waals surface area contributed by atoms with Crippen molar-refractivity contribution in [3.8, 4) is 0 Å². The summed E-state index contributed by atoms with van der Waals surface area (Å²) in [7, 11) is 0. The van der Waals surface area contributed by atoms with Crippen LogP contribution in [0.3, 0.4) is 0 Å². The van der Waals surface area contributed by atoms with Crippen LogP contribution in [0.25, 0.3) is 0 Å². The number of ether oxygens (including phenoxy) is 2. The summed E-state index contributed by atoms with van der Waals surface area (Å²) in [5.74, 6) is -4.26. The van der Waals surface area contributed by atoms with E-state index >= 15 is 0 Å². The molecule has 1 aliphatic heterocycles. The van der Waals surface area contributed by atoms with Crippen LogP contribution in [0, 0.1) is 0 Å². The van der Waals surface area contributed by atoms with Crippen molar-refractivity contribution in [3.05, 3.63) is 33.1 Å². The van der Waals surface area contributed by atoms with Gasteiger partial charge in [0.2, 0.25) is 5.85 Å². The van der Waals surface area contributed by atoms with Gasteiger partial charge in [0, 0.05) is 18.7 Å². The van der Waals surface area contributed by atoms with E-state index in [4.69, 9.17) is 14.6 Å². The number of alkyl halides is 1. The molecule has 9 heteroatoms. The van der Waals surface area contributed by atoms with Crippen LogP contribution >= 0.6 is 0 Å². The van der Waals surface area contributed by atoms with Crippen LogP contribution in [0.4, 0.5) is 4.39 Å². The number of H-pyrrole nitrogens is 1. The Balaban J connectivity index is 2.38. The third-order valence-corrected chi connectivity index (χ3v) is 2.95. The van der Waals surface area contributed by atoms with E-state index in [2.05, 4.69) is 0 Å². The third-order valence-electron chi connectivity index (χ3n) is 2.95. The zero-order valence-corrected chi connectivity index (χ0v) is 11.5. The molecule has 2 rings (SSSR count). The maximum absolute atomic E-state index is 14.2. The topological polar surface area (TPSA) is 117 Å². The molecule has 118 valence electrons. The number of nitrogens with zero attached hydrogens (tertiary/aromatic N) is 1. The van der Waals surface area contributed by atoms with Gasteiger partial charge in [-0.15, -0.1) is 0 Å². The Morgan fingerprint density at radius 1 is 1.67 bits per heavy atom. The molecule has 0 radical (unpaired) electrons. The Morgan fingerprint density at radius 3 is 2.86 bits per heavy atom. The Morgan fingerprint density at radius 2 is 2.33 bits per heavy atom. The Labute approximate surface area is 118 Å². The largest absolute Gasteiger partial charge is 0.829 e. The Hall–Kier alpha value is -1.55. The highest BCUT2D eigenvalue weighted by atomic mass is 19.2. The highest BCUT2D eigenvalue weighted by molar-refractivity contribution is 4.92. The fraction of sp³-hybridized carbons (Fsp3) is 0.667. The third kappa shape index (κ3) is 3.56. The molecule has 0 unspecified atom stereocenters. The van der Waals surface area contributed by atoms with Gasteiger partial charge in [-0.1, -0.05) is 13.8 Å². The lowest BCUT2D eigenvalue weighted by Crippen LogP contribution is -2.45. The van der Waals surface area contributed by atoms with E-state index < -0.39 is 48.3 Å². The number of nitrogens with one attached hydrogen (secondary N) is 1. The molecule has 1 aliphatic rings. The highest BCUT2D eigenvalue weighted by Gasteiger charge is 2.49. The van der Waals surface area contributed by atoms with Crippen LogP contribution in [0.5, 0.6) is 0 Å². The van der Waals surface area contributed by atoms with E-state index in [1.54, 1.807) is 0 Å². The number of hydrogen-bond acceptors (Lipinski definition) is 6. The quantitative estimate of drug-likeness (QED) is 0.660. The number of aromatic nitrogens is 2. The summed E-state index contributed by atoms with van der Waals surface area (Å²) < 4.78 is 25.3. The summed E-state index contributed by atoms with van der Waals surface area (Å²) in [6.45, 7) is 1.52. The number of hydrogen-bond donors (Lipinski definition) is 2. The Kier molecular flexibility index (Phi) is 4.02. The first-order valence-electron chi connectivity index (χ1n) is 6.31. The summed E-state index contributed by atoms with van der Waals surface area (Å²) in [4.78, 5) is 24.8. The van der Waals surface area contributed by atoms with Gasteiger partial charge < -0.3 is 19.7 Å². The zero-order chi connectivity index (χ0) is 15.8. The van der Waals surface area contributed by atoms with Gasteiger partial charge in [0.05, 0.1) is 0 Å². The van der Waals surface area contributed by atoms with Gasteiger partial charge in [-0.05, 0) is 5.79 Å². The molecule has 21 heavy (non-hydrogen) atoms. The van der Waals surface area contributed by atoms with Crippen molar-refractivity contribution in [2.24, 2.45) is 0 Å². The molecule has 3 atom stereocenters. The van der Waals surface area contributed by atoms with Crippen LogP contribution in [-0.2, 0) is 9.47 Å². The van der Waals surface area contributed by atoms with Crippen molar-refractivity contribution in [1.82, 2.24) is 9.55 Å². The van der Waals surface area contributed by atoms with Crippen molar-refractivity contribution < 1.29 is 24.1 Å². The summed E-state index contributed by atoms with van der Waals surface area (Å²) in [5, 5.41) is 20.7. The number of halogens is 1. The number of aromatic amines is 1. The second-order valence-corrected chi connectivity index (χ2v) is 5.33. The van der Waals surface area contributed by atoms with Gasteiger partial charge in [-0.3, -0.25) is 14.3 Å². The van der Waals surface area contributed by atoms with E-state index in [1.165, 1.54) is 13.8 Å². The molecule has 2 N–H and O–H groups in total. The molecule has 0 saturated carbocycles. The average Bonchev–Trinajstić information content (AvgIpc) is 2.65. The maximum Gasteiger partial charge on any atom is 0.330 e. The van der Waals surface area contributed by atoms with Crippen LogP contribution in [-0.4, -0.2) is 39.0 Å². The molecule has 2 heterocycles. The highest BCUT2D eigenvalue weighted by Crippen LogP contribution is 2.39. The van der Waals surface area contributed by atoms with Crippen LogP contribution in [0.15, 0.2) is 21.9 Å². The summed E-state index contributed by atoms with van der Waals surface area (Å²) in [6, 6.07) is 1.06. The monoisotopic (exact) mass is 303 g/mol. The second kappa shape index (κ2) is 5.34. The van der Waals surface area contributed by atoms with Gasteiger partial charge in [0.15, 0.2) is 6.23 Å². The van der Waals surface area contributed by atoms with Gasteiger partial charge in [-0.2, -0.15) is 0 Å². The molecule has 0 bridgehead atoms. The molecule has 0 amide bonds.